The Bertz CT molecular complexity index is 505. The van der Waals surface area contributed by atoms with E-state index in [0.29, 0.717) is 10.8 Å². The summed E-state index contributed by atoms with van der Waals surface area (Å²) in [6.07, 6.45) is 0. The average molecular weight is 192 g/mol. The topological polar surface area (TPSA) is 80.9 Å². The van der Waals surface area contributed by atoms with Gasteiger partial charge in [-0.05, 0) is 23.6 Å². The van der Waals surface area contributed by atoms with Crippen LogP contribution in [0.2, 0.25) is 0 Å². The fourth-order valence-corrected chi connectivity index (χ4v) is 1.32. The normalized spacial score (nSPS) is 10.6. The highest BCUT2D eigenvalue weighted by Crippen LogP contribution is 2.38. The van der Waals surface area contributed by atoms with Gasteiger partial charge in [-0.2, -0.15) is 0 Å². The van der Waals surface area contributed by atoms with Crippen LogP contribution in [-0.2, 0) is 0 Å². The maximum Gasteiger partial charge on any atom is 0.165 e. The molecule has 2 aromatic rings. The summed E-state index contributed by atoms with van der Waals surface area (Å²) in [7, 11) is 0. The van der Waals surface area contributed by atoms with E-state index in [2.05, 4.69) is 0 Å². The Morgan fingerprint density at radius 1 is 0.714 bits per heavy atom. The van der Waals surface area contributed by atoms with Crippen molar-refractivity contribution in [2.24, 2.45) is 0 Å². The predicted molar refractivity (Wildman–Crippen MR) is 50.6 cm³/mol. The highest BCUT2D eigenvalue weighted by molar-refractivity contribution is 5.92. The first kappa shape index (κ1) is 8.50. The van der Waals surface area contributed by atoms with E-state index in [9.17, 15) is 20.4 Å². The highest BCUT2D eigenvalue weighted by atomic mass is 16.3. The molecule has 0 aliphatic carbocycles. The number of hydrogen-bond acceptors (Lipinski definition) is 4. The van der Waals surface area contributed by atoms with E-state index < -0.39 is 0 Å². The summed E-state index contributed by atoms with van der Waals surface area (Å²) in [5.41, 5.74) is 0. The number of fused-ring (bicyclic) bond motifs is 1. The van der Waals surface area contributed by atoms with Crippen LogP contribution in [-0.4, -0.2) is 20.4 Å². The lowest BCUT2D eigenvalue weighted by Crippen LogP contribution is -1.76. The third-order valence-corrected chi connectivity index (χ3v) is 2.07. The summed E-state index contributed by atoms with van der Waals surface area (Å²) in [5.74, 6) is -1.17. The van der Waals surface area contributed by atoms with Crippen LogP contribution in [0.5, 0.6) is 23.0 Å². The second-order valence-corrected chi connectivity index (χ2v) is 3.00. The molecule has 0 saturated heterocycles. The minimum Gasteiger partial charge on any atom is -0.504 e. The molecule has 0 amide bonds. The summed E-state index contributed by atoms with van der Waals surface area (Å²) >= 11 is 0. The molecule has 4 nitrogen and oxygen atoms in total. The number of aromatic hydroxyl groups is 4. The molecule has 0 heterocycles. The maximum absolute atomic E-state index is 9.43. The Morgan fingerprint density at radius 3 is 2.07 bits per heavy atom. The Balaban J connectivity index is 2.89. The standard InChI is InChI=1S/C10H8O4/c11-7-2-1-5-3-8(12)9(13)4-6(5)10(7)14/h1-4,11-14H. The zero-order valence-electron chi connectivity index (χ0n) is 7.10. The smallest absolute Gasteiger partial charge is 0.165 e. The van der Waals surface area contributed by atoms with E-state index in [4.69, 9.17) is 0 Å². The fraction of sp³-hybridized carbons (Fsp3) is 0. The number of phenolic OH excluding ortho intramolecular Hbond substituents is 4. The third kappa shape index (κ3) is 1.08. The number of rotatable bonds is 0. The van der Waals surface area contributed by atoms with Crippen molar-refractivity contribution in [2.45, 2.75) is 0 Å². The Morgan fingerprint density at radius 2 is 1.36 bits per heavy atom. The van der Waals surface area contributed by atoms with Crippen LogP contribution in [0.25, 0.3) is 10.8 Å². The molecule has 0 fully saturated rings. The molecule has 4 heteroatoms. The molecule has 0 spiro atoms. The molecule has 0 bridgehead atoms. The molecule has 0 atom stereocenters. The molecular formula is C10H8O4. The Kier molecular flexibility index (Phi) is 1.64. The van der Waals surface area contributed by atoms with Gasteiger partial charge >= 0.3 is 0 Å². The molecule has 0 unspecified atom stereocenters. The predicted octanol–water partition coefficient (Wildman–Crippen LogP) is 1.66. The fourth-order valence-electron chi connectivity index (χ4n) is 1.32. The van der Waals surface area contributed by atoms with Crippen molar-refractivity contribution in [3.05, 3.63) is 24.3 Å². The zero-order chi connectivity index (χ0) is 10.3. The van der Waals surface area contributed by atoms with Crippen LogP contribution in [0.4, 0.5) is 0 Å². The van der Waals surface area contributed by atoms with Crippen molar-refractivity contribution in [1.82, 2.24) is 0 Å². The molecule has 0 aliphatic heterocycles. The molecule has 4 N–H and O–H groups in total. The minimum atomic E-state index is -0.335. The van der Waals surface area contributed by atoms with E-state index in [1.165, 1.54) is 24.3 Å². The van der Waals surface area contributed by atoms with Crippen molar-refractivity contribution in [3.63, 3.8) is 0 Å². The molecule has 72 valence electrons. The quantitative estimate of drug-likeness (QED) is 0.478. The van der Waals surface area contributed by atoms with Crippen LogP contribution in [0.3, 0.4) is 0 Å². The van der Waals surface area contributed by atoms with Crippen molar-refractivity contribution in [2.75, 3.05) is 0 Å². The lowest BCUT2D eigenvalue weighted by atomic mass is 10.1. The average Bonchev–Trinajstić information content (AvgIpc) is 2.15. The summed E-state index contributed by atoms with van der Waals surface area (Å²) in [5, 5.41) is 37.8. The van der Waals surface area contributed by atoms with Crippen molar-refractivity contribution in [1.29, 1.82) is 0 Å². The van der Waals surface area contributed by atoms with Crippen molar-refractivity contribution < 1.29 is 20.4 Å². The van der Waals surface area contributed by atoms with Crippen LogP contribution in [0, 0.1) is 0 Å². The second-order valence-electron chi connectivity index (χ2n) is 3.00. The summed E-state index contributed by atoms with van der Waals surface area (Å²) in [6.45, 7) is 0. The van der Waals surface area contributed by atoms with Crippen LogP contribution in [0.1, 0.15) is 0 Å². The van der Waals surface area contributed by atoms with Gasteiger partial charge in [-0.3, -0.25) is 0 Å². The third-order valence-electron chi connectivity index (χ3n) is 2.07. The molecular weight excluding hydrogens is 184 g/mol. The van der Waals surface area contributed by atoms with Crippen molar-refractivity contribution in [3.8, 4) is 23.0 Å². The molecule has 0 aromatic heterocycles. The van der Waals surface area contributed by atoms with E-state index in [-0.39, 0.29) is 23.0 Å². The first-order chi connectivity index (χ1) is 6.59. The van der Waals surface area contributed by atoms with Crippen molar-refractivity contribution >= 4 is 10.8 Å². The van der Waals surface area contributed by atoms with Gasteiger partial charge in [0.1, 0.15) is 0 Å². The molecule has 2 aromatic carbocycles. The van der Waals surface area contributed by atoms with Gasteiger partial charge in [0.15, 0.2) is 23.0 Å². The second kappa shape index (κ2) is 2.70. The first-order valence-corrected chi connectivity index (χ1v) is 3.96. The van der Waals surface area contributed by atoms with E-state index in [1.54, 1.807) is 0 Å². The van der Waals surface area contributed by atoms with Gasteiger partial charge in [-0.15, -0.1) is 0 Å². The molecule has 2 rings (SSSR count). The van der Waals surface area contributed by atoms with Crippen LogP contribution >= 0.6 is 0 Å². The summed E-state index contributed by atoms with van der Waals surface area (Å²) in [6, 6.07) is 5.35. The lowest BCUT2D eigenvalue weighted by Gasteiger charge is -2.04. The number of benzene rings is 2. The SMILES string of the molecule is Oc1cc2ccc(O)c(O)c2cc1O. The Hall–Kier alpha value is -2.10. The number of hydrogen-bond donors (Lipinski definition) is 4. The Labute approximate surface area is 79.3 Å². The van der Waals surface area contributed by atoms with Gasteiger partial charge in [0.2, 0.25) is 0 Å². The largest absolute Gasteiger partial charge is 0.504 e. The highest BCUT2D eigenvalue weighted by Gasteiger charge is 2.08. The van der Waals surface area contributed by atoms with Gasteiger partial charge in [0.25, 0.3) is 0 Å². The van der Waals surface area contributed by atoms with Gasteiger partial charge in [0, 0.05) is 5.39 Å². The zero-order valence-corrected chi connectivity index (χ0v) is 7.10. The van der Waals surface area contributed by atoms with Gasteiger partial charge in [-0.1, -0.05) is 6.07 Å². The van der Waals surface area contributed by atoms with E-state index >= 15 is 0 Å². The summed E-state index contributed by atoms with van der Waals surface area (Å²) in [4.78, 5) is 0. The van der Waals surface area contributed by atoms with Gasteiger partial charge < -0.3 is 20.4 Å². The van der Waals surface area contributed by atoms with E-state index in [0.717, 1.165) is 0 Å². The van der Waals surface area contributed by atoms with E-state index in [1.807, 2.05) is 0 Å². The number of phenols is 4. The molecule has 0 aliphatic rings. The minimum absolute atomic E-state index is 0.261. The summed E-state index contributed by atoms with van der Waals surface area (Å²) < 4.78 is 0. The monoisotopic (exact) mass is 192 g/mol. The van der Waals surface area contributed by atoms with Gasteiger partial charge in [-0.25, -0.2) is 0 Å². The van der Waals surface area contributed by atoms with Crippen LogP contribution < -0.4 is 0 Å². The first-order valence-electron chi connectivity index (χ1n) is 3.96. The molecule has 14 heavy (non-hydrogen) atoms. The molecule has 0 radical (unpaired) electrons. The van der Waals surface area contributed by atoms with Crippen LogP contribution in [0.15, 0.2) is 24.3 Å². The lowest BCUT2D eigenvalue weighted by molar-refractivity contribution is 0.401. The van der Waals surface area contributed by atoms with Gasteiger partial charge in [0.05, 0.1) is 0 Å². The maximum atomic E-state index is 9.43. The molecule has 0 saturated carbocycles.